The van der Waals surface area contributed by atoms with Crippen LogP contribution in [-0.4, -0.2) is 144 Å². The summed E-state index contributed by atoms with van der Waals surface area (Å²) in [5.74, 6) is -1.13. The quantitative estimate of drug-likeness (QED) is 0.0616. The van der Waals surface area contributed by atoms with Crippen molar-refractivity contribution in [2.24, 2.45) is 0 Å². The summed E-state index contributed by atoms with van der Waals surface area (Å²) in [7, 11) is 0. The van der Waals surface area contributed by atoms with Crippen molar-refractivity contribution in [3.8, 4) is 0 Å². The summed E-state index contributed by atoms with van der Waals surface area (Å²) < 4.78 is 22.4. The maximum absolute atomic E-state index is 12.1. The highest BCUT2D eigenvalue weighted by molar-refractivity contribution is 5.77. The number of aliphatic hydroxyl groups excluding tert-OH is 5. The highest BCUT2D eigenvalue weighted by Crippen LogP contribution is 2.23. The van der Waals surface area contributed by atoms with Gasteiger partial charge in [-0.3, -0.25) is 19.2 Å². The van der Waals surface area contributed by atoms with Gasteiger partial charge in [-0.05, 0) is 25.7 Å². The molecule has 2 aliphatic rings. The molecule has 0 radical (unpaired) electrons. The van der Waals surface area contributed by atoms with Crippen LogP contribution in [0.3, 0.4) is 0 Å². The van der Waals surface area contributed by atoms with E-state index < -0.39 is 67.7 Å². The number of carbonyl (C=O) groups excluding carboxylic acids is 4. The van der Waals surface area contributed by atoms with Crippen molar-refractivity contribution >= 4 is 23.6 Å². The zero-order valence-corrected chi connectivity index (χ0v) is 25.9. The molecule has 4 amide bonds. The number of aliphatic hydroxyl groups is 5. The topological polar surface area (TPSA) is 254 Å². The Bertz CT molecular complexity index is 929. The van der Waals surface area contributed by atoms with Crippen molar-refractivity contribution in [1.29, 1.82) is 0 Å². The molecule has 2 saturated heterocycles. The van der Waals surface area contributed by atoms with Crippen molar-refractivity contribution < 1.29 is 63.7 Å². The fraction of sp³-hybridized carbons (Fsp3) is 0.857. The number of carbonyl (C=O) groups is 4. The van der Waals surface area contributed by atoms with Crippen LogP contribution >= 0.6 is 0 Å². The number of hydrogen-bond donors (Lipinski definition) is 9. The lowest BCUT2D eigenvalue weighted by Crippen LogP contribution is -2.64. The summed E-state index contributed by atoms with van der Waals surface area (Å²) in [4.78, 5) is 47.1. The zero-order valence-electron chi connectivity index (χ0n) is 25.9. The highest BCUT2D eigenvalue weighted by atomic mass is 16.7. The van der Waals surface area contributed by atoms with Gasteiger partial charge in [0.2, 0.25) is 23.6 Å². The summed E-state index contributed by atoms with van der Waals surface area (Å²) in [5.41, 5.74) is 0. The SMILES string of the molecule is CC(=O)NC1C[C@@H](O)C(CO)O[C@H]1OCCCCC(=O)NCCNC(=O)CCCCO[C@@H]1OC(CO)[C@H](O)[C@H](O)C1NC(C)=O. The van der Waals surface area contributed by atoms with Gasteiger partial charge in [-0.15, -0.1) is 0 Å². The van der Waals surface area contributed by atoms with Crippen LogP contribution in [0.15, 0.2) is 0 Å². The monoisotopic (exact) mass is 650 g/mol. The van der Waals surface area contributed by atoms with E-state index in [4.69, 9.17) is 18.9 Å². The fourth-order valence-electron chi connectivity index (χ4n) is 4.96. The Morgan fingerprint density at radius 2 is 1.22 bits per heavy atom. The molecule has 45 heavy (non-hydrogen) atoms. The van der Waals surface area contributed by atoms with E-state index in [0.29, 0.717) is 25.7 Å². The molecule has 0 aromatic carbocycles. The molecule has 2 aliphatic heterocycles. The molecule has 2 rings (SSSR count). The van der Waals surface area contributed by atoms with E-state index >= 15 is 0 Å². The van der Waals surface area contributed by atoms with E-state index in [0.717, 1.165) is 0 Å². The molecule has 0 saturated carbocycles. The van der Waals surface area contributed by atoms with Gasteiger partial charge in [-0.1, -0.05) is 0 Å². The van der Waals surface area contributed by atoms with Crippen molar-refractivity contribution in [3.63, 3.8) is 0 Å². The second kappa shape index (κ2) is 20.6. The van der Waals surface area contributed by atoms with Crippen LogP contribution in [0.1, 0.15) is 58.8 Å². The van der Waals surface area contributed by atoms with Crippen LogP contribution < -0.4 is 21.3 Å². The molecule has 17 heteroatoms. The minimum absolute atomic E-state index is 0.145. The molecule has 17 nitrogen and oxygen atoms in total. The largest absolute Gasteiger partial charge is 0.394 e. The molecule has 2 fully saturated rings. The predicted octanol–water partition coefficient (Wildman–Crippen LogP) is -3.49. The summed E-state index contributed by atoms with van der Waals surface area (Å²) in [5, 5.41) is 59.7. The van der Waals surface area contributed by atoms with Gasteiger partial charge in [0.05, 0.1) is 25.4 Å². The lowest BCUT2D eigenvalue weighted by atomic mass is 9.97. The maximum Gasteiger partial charge on any atom is 0.220 e. The molecule has 9 N–H and O–H groups in total. The molecule has 9 atom stereocenters. The molecule has 0 bridgehead atoms. The number of amides is 4. The Morgan fingerprint density at radius 3 is 1.73 bits per heavy atom. The Labute approximate surface area is 262 Å². The summed E-state index contributed by atoms with van der Waals surface area (Å²) in [6.07, 6.45) is -4.84. The minimum atomic E-state index is -1.40. The minimum Gasteiger partial charge on any atom is -0.394 e. The Morgan fingerprint density at radius 1 is 0.711 bits per heavy atom. The van der Waals surface area contributed by atoms with Crippen molar-refractivity contribution in [3.05, 3.63) is 0 Å². The van der Waals surface area contributed by atoms with Crippen LogP contribution in [0, 0.1) is 0 Å². The second-order valence-electron chi connectivity index (χ2n) is 11.1. The summed E-state index contributed by atoms with van der Waals surface area (Å²) in [6.45, 7) is 2.58. The van der Waals surface area contributed by atoms with Gasteiger partial charge in [0.1, 0.15) is 30.5 Å². The van der Waals surface area contributed by atoms with Crippen LogP contribution in [0.2, 0.25) is 0 Å². The summed E-state index contributed by atoms with van der Waals surface area (Å²) >= 11 is 0. The second-order valence-corrected chi connectivity index (χ2v) is 11.1. The first-order valence-corrected chi connectivity index (χ1v) is 15.3. The van der Waals surface area contributed by atoms with Gasteiger partial charge in [0.15, 0.2) is 12.6 Å². The lowest BCUT2D eigenvalue weighted by Gasteiger charge is -2.42. The molecule has 0 aliphatic carbocycles. The Hall–Kier alpha value is -2.48. The van der Waals surface area contributed by atoms with Gasteiger partial charge in [-0.25, -0.2) is 0 Å². The van der Waals surface area contributed by atoms with Crippen molar-refractivity contribution in [2.45, 2.75) is 114 Å². The maximum atomic E-state index is 12.1. The van der Waals surface area contributed by atoms with Gasteiger partial charge in [0, 0.05) is 59.4 Å². The van der Waals surface area contributed by atoms with Crippen LogP contribution in [-0.2, 0) is 38.1 Å². The van der Waals surface area contributed by atoms with E-state index in [9.17, 15) is 44.7 Å². The first kappa shape index (κ1) is 38.7. The normalized spacial score (nSPS) is 29.9. The highest BCUT2D eigenvalue weighted by Gasteiger charge is 2.45. The summed E-state index contributed by atoms with van der Waals surface area (Å²) in [6, 6.07) is -1.58. The zero-order chi connectivity index (χ0) is 33.4. The molecule has 0 spiro atoms. The van der Waals surface area contributed by atoms with Gasteiger partial charge >= 0.3 is 0 Å². The van der Waals surface area contributed by atoms with Crippen molar-refractivity contribution in [1.82, 2.24) is 21.3 Å². The number of unbranched alkanes of at least 4 members (excludes halogenated alkanes) is 2. The number of ether oxygens (including phenoxy) is 4. The number of hydrogen-bond acceptors (Lipinski definition) is 13. The van der Waals surface area contributed by atoms with Crippen LogP contribution in [0.5, 0.6) is 0 Å². The van der Waals surface area contributed by atoms with Crippen LogP contribution in [0.4, 0.5) is 0 Å². The first-order valence-electron chi connectivity index (χ1n) is 15.3. The van der Waals surface area contributed by atoms with E-state index in [-0.39, 0.29) is 69.9 Å². The molecule has 0 aromatic heterocycles. The average molecular weight is 651 g/mol. The van der Waals surface area contributed by atoms with Gasteiger partial charge in [0.25, 0.3) is 0 Å². The van der Waals surface area contributed by atoms with E-state index in [2.05, 4.69) is 21.3 Å². The van der Waals surface area contributed by atoms with E-state index in [1.54, 1.807) is 0 Å². The van der Waals surface area contributed by atoms with Crippen molar-refractivity contribution in [2.75, 3.05) is 39.5 Å². The Balaban J connectivity index is 1.53. The third-order valence-electron chi connectivity index (χ3n) is 7.31. The number of rotatable bonds is 19. The fourth-order valence-corrected chi connectivity index (χ4v) is 4.96. The molecule has 4 unspecified atom stereocenters. The first-order chi connectivity index (χ1) is 21.5. The standard InChI is InChI=1S/C28H50N4O13/c1-16(35)31-18-13-19(37)20(14-33)44-27(18)42-11-5-3-7-22(38)29-9-10-30-23(39)8-4-6-12-43-28-24(32-17(2)36)26(41)25(40)21(15-34)45-28/h18-21,24-28,33-34,37,40-41H,3-15H2,1-2H3,(H,29,38)(H,30,39)(H,31,35)(H,32,36)/t18?,19-,20?,21?,24?,25+,26-,27-,28-/m1/s1. The van der Waals surface area contributed by atoms with E-state index in [1.807, 2.05) is 0 Å². The average Bonchev–Trinajstić information content (AvgIpc) is 2.98. The smallest absolute Gasteiger partial charge is 0.220 e. The predicted molar refractivity (Wildman–Crippen MR) is 155 cm³/mol. The van der Waals surface area contributed by atoms with Gasteiger partial charge < -0.3 is 65.7 Å². The molecule has 2 heterocycles. The number of nitrogens with one attached hydrogen (secondary N) is 4. The third-order valence-corrected chi connectivity index (χ3v) is 7.31. The van der Waals surface area contributed by atoms with E-state index in [1.165, 1.54) is 13.8 Å². The third kappa shape index (κ3) is 13.8. The van der Waals surface area contributed by atoms with Gasteiger partial charge in [-0.2, -0.15) is 0 Å². The molecule has 0 aromatic rings. The lowest BCUT2D eigenvalue weighted by molar-refractivity contribution is -0.270. The van der Waals surface area contributed by atoms with Crippen LogP contribution in [0.25, 0.3) is 0 Å². The Kier molecular flexibility index (Phi) is 17.7. The molecular formula is C28H50N4O13. The molecule has 260 valence electrons. The molecular weight excluding hydrogens is 600 g/mol.